The highest BCUT2D eigenvalue weighted by Crippen LogP contribution is 2.35. The minimum atomic E-state index is 0.128. The Bertz CT molecular complexity index is 516. The summed E-state index contributed by atoms with van der Waals surface area (Å²) in [5, 5.41) is 1.29. The zero-order valence-corrected chi connectivity index (χ0v) is 12.3. The standard InChI is InChI=1S/C17H23N/c1-16(2,3)13-9-10-14(17(4,5)6)15-12(13)8-7-11-18-15/h7-11H,1-6H3. The fourth-order valence-electron chi connectivity index (χ4n) is 2.43. The molecule has 0 aliphatic heterocycles. The van der Waals surface area contributed by atoms with E-state index in [0.717, 1.165) is 5.52 Å². The first-order valence-electron chi connectivity index (χ1n) is 6.60. The molecule has 0 unspecified atom stereocenters. The molecule has 2 aromatic rings. The van der Waals surface area contributed by atoms with Crippen LogP contribution in [0.3, 0.4) is 0 Å². The van der Waals surface area contributed by atoms with E-state index in [1.807, 2.05) is 12.3 Å². The summed E-state index contributed by atoms with van der Waals surface area (Å²) in [6.45, 7) is 13.5. The lowest BCUT2D eigenvalue weighted by molar-refractivity contribution is 0.584. The molecule has 0 aliphatic carbocycles. The van der Waals surface area contributed by atoms with Gasteiger partial charge >= 0.3 is 0 Å². The first-order chi connectivity index (χ1) is 8.21. The molecule has 0 N–H and O–H groups in total. The van der Waals surface area contributed by atoms with Crippen LogP contribution in [0.5, 0.6) is 0 Å². The molecule has 2 rings (SSSR count). The van der Waals surface area contributed by atoms with Crippen molar-refractivity contribution in [1.82, 2.24) is 4.98 Å². The Hall–Kier alpha value is -1.37. The maximum Gasteiger partial charge on any atom is 0.0742 e. The maximum absolute atomic E-state index is 4.62. The summed E-state index contributed by atoms with van der Waals surface area (Å²) < 4.78 is 0. The van der Waals surface area contributed by atoms with E-state index in [-0.39, 0.29) is 10.8 Å². The molecule has 0 atom stereocenters. The van der Waals surface area contributed by atoms with Gasteiger partial charge < -0.3 is 0 Å². The monoisotopic (exact) mass is 241 g/mol. The summed E-state index contributed by atoms with van der Waals surface area (Å²) in [4.78, 5) is 4.62. The summed E-state index contributed by atoms with van der Waals surface area (Å²) in [7, 11) is 0. The molecule has 1 heterocycles. The average molecular weight is 241 g/mol. The molecule has 0 fully saturated rings. The van der Waals surface area contributed by atoms with E-state index < -0.39 is 0 Å². The smallest absolute Gasteiger partial charge is 0.0742 e. The van der Waals surface area contributed by atoms with Crippen molar-refractivity contribution in [3.8, 4) is 0 Å². The third-order valence-corrected chi connectivity index (χ3v) is 3.39. The van der Waals surface area contributed by atoms with Crippen LogP contribution in [-0.4, -0.2) is 4.98 Å². The predicted octanol–water partition coefficient (Wildman–Crippen LogP) is 4.83. The first-order valence-corrected chi connectivity index (χ1v) is 6.60. The van der Waals surface area contributed by atoms with Crippen LogP contribution in [0.4, 0.5) is 0 Å². The second-order valence-electron chi connectivity index (χ2n) is 7.06. The topological polar surface area (TPSA) is 12.9 Å². The van der Waals surface area contributed by atoms with Crippen molar-refractivity contribution in [3.05, 3.63) is 41.6 Å². The van der Waals surface area contributed by atoms with Gasteiger partial charge in [0.1, 0.15) is 0 Å². The number of pyridine rings is 1. The van der Waals surface area contributed by atoms with Crippen LogP contribution in [-0.2, 0) is 10.8 Å². The van der Waals surface area contributed by atoms with E-state index >= 15 is 0 Å². The van der Waals surface area contributed by atoms with Gasteiger partial charge in [-0.1, -0.05) is 59.7 Å². The van der Waals surface area contributed by atoms with E-state index in [0.29, 0.717) is 0 Å². The lowest BCUT2D eigenvalue weighted by Gasteiger charge is -2.26. The van der Waals surface area contributed by atoms with Crippen molar-refractivity contribution in [2.75, 3.05) is 0 Å². The van der Waals surface area contributed by atoms with Gasteiger partial charge in [0, 0.05) is 11.6 Å². The molecule has 0 spiro atoms. The third kappa shape index (κ3) is 2.27. The fraction of sp³-hybridized carbons (Fsp3) is 0.471. The Kier molecular flexibility index (Phi) is 2.96. The second kappa shape index (κ2) is 4.08. The number of rotatable bonds is 0. The second-order valence-corrected chi connectivity index (χ2v) is 7.06. The van der Waals surface area contributed by atoms with Crippen molar-refractivity contribution in [3.63, 3.8) is 0 Å². The number of aromatic nitrogens is 1. The largest absolute Gasteiger partial charge is 0.256 e. The quantitative estimate of drug-likeness (QED) is 0.643. The Morgan fingerprint density at radius 2 is 1.33 bits per heavy atom. The average Bonchev–Trinajstić information content (AvgIpc) is 2.24. The van der Waals surface area contributed by atoms with Gasteiger partial charge in [-0.2, -0.15) is 0 Å². The number of fused-ring (bicyclic) bond motifs is 1. The predicted molar refractivity (Wildman–Crippen MR) is 79.1 cm³/mol. The molecule has 0 bridgehead atoms. The lowest BCUT2D eigenvalue weighted by Crippen LogP contribution is -2.16. The number of hydrogen-bond acceptors (Lipinski definition) is 1. The molecule has 1 aromatic carbocycles. The summed E-state index contributed by atoms with van der Waals surface area (Å²) >= 11 is 0. The van der Waals surface area contributed by atoms with Crippen LogP contribution >= 0.6 is 0 Å². The Morgan fingerprint density at radius 1 is 0.778 bits per heavy atom. The van der Waals surface area contributed by atoms with Crippen LogP contribution < -0.4 is 0 Å². The minimum absolute atomic E-state index is 0.128. The van der Waals surface area contributed by atoms with Crippen molar-refractivity contribution in [2.24, 2.45) is 0 Å². The van der Waals surface area contributed by atoms with Crippen LogP contribution in [0.2, 0.25) is 0 Å². The van der Waals surface area contributed by atoms with Gasteiger partial charge in [-0.3, -0.25) is 4.98 Å². The fourth-order valence-corrected chi connectivity index (χ4v) is 2.43. The minimum Gasteiger partial charge on any atom is -0.256 e. The van der Waals surface area contributed by atoms with E-state index in [1.54, 1.807) is 0 Å². The molecule has 0 saturated carbocycles. The molecule has 1 aromatic heterocycles. The first kappa shape index (κ1) is 13.1. The Morgan fingerprint density at radius 3 is 1.89 bits per heavy atom. The Labute approximate surface area is 110 Å². The third-order valence-electron chi connectivity index (χ3n) is 3.39. The summed E-state index contributed by atoms with van der Waals surface area (Å²) in [5.74, 6) is 0. The van der Waals surface area contributed by atoms with Crippen molar-refractivity contribution in [1.29, 1.82) is 0 Å². The van der Waals surface area contributed by atoms with E-state index in [4.69, 9.17) is 0 Å². The molecule has 0 saturated heterocycles. The molecular formula is C17H23N. The number of benzene rings is 1. The van der Waals surface area contributed by atoms with Gasteiger partial charge in [0.25, 0.3) is 0 Å². The van der Waals surface area contributed by atoms with Gasteiger partial charge in [-0.05, 0) is 28.0 Å². The molecule has 18 heavy (non-hydrogen) atoms. The SMILES string of the molecule is CC(C)(C)c1ccc(C(C)(C)C)c2ncccc12. The van der Waals surface area contributed by atoms with Crippen molar-refractivity contribution in [2.45, 2.75) is 52.4 Å². The van der Waals surface area contributed by atoms with E-state index in [9.17, 15) is 0 Å². The van der Waals surface area contributed by atoms with Crippen molar-refractivity contribution < 1.29 is 0 Å². The molecule has 0 amide bonds. The van der Waals surface area contributed by atoms with Crippen LogP contribution in [0, 0.1) is 0 Å². The Balaban J connectivity index is 2.83. The van der Waals surface area contributed by atoms with E-state index in [2.05, 4.69) is 64.7 Å². The molecule has 0 aliphatic rings. The normalized spacial score (nSPS) is 13.0. The van der Waals surface area contributed by atoms with E-state index in [1.165, 1.54) is 16.5 Å². The number of nitrogens with zero attached hydrogens (tertiary/aromatic N) is 1. The summed E-state index contributed by atoms with van der Waals surface area (Å²) in [5.41, 5.74) is 4.13. The van der Waals surface area contributed by atoms with Gasteiger partial charge in [0.15, 0.2) is 0 Å². The van der Waals surface area contributed by atoms with Gasteiger partial charge in [-0.25, -0.2) is 0 Å². The highest BCUT2D eigenvalue weighted by atomic mass is 14.7. The van der Waals surface area contributed by atoms with Crippen LogP contribution in [0.25, 0.3) is 10.9 Å². The van der Waals surface area contributed by atoms with Gasteiger partial charge in [0.2, 0.25) is 0 Å². The highest BCUT2D eigenvalue weighted by molar-refractivity contribution is 5.86. The number of hydrogen-bond donors (Lipinski definition) is 0. The van der Waals surface area contributed by atoms with Crippen molar-refractivity contribution >= 4 is 10.9 Å². The summed E-state index contributed by atoms with van der Waals surface area (Å²) in [6, 6.07) is 8.74. The molecule has 1 nitrogen and oxygen atoms in total. The maximum atomic E-state index is 4.62. The molecule has 1 heteroatoms. The highest BCUT2D eigenvalue weighted by Gasteiger charge is 2.22. The van der Waals surface area contributed by atoms with Crippen LogP contribution in [0.1, 0.15) is 52.7 Å². The molecular weight excluding hydrogens is 218 g/mol. The van der Waals surface area contributed by atoms with Gasteiger partial charge in [0.05, 0.1) is 5.52 Å². The molecule has 96 valence electrons. The van der Waals surface area contributed by atoms with Gasteiger partial charge in [-0.15, -0.1) is 0 Å². The zero-order chi connectivity index (χ0) is 13.6. The van der Waals surface area contributed by atoms with Crippen LogP contribution in [0.15, 0.2) is 30.5 Å². The molecule has 0 radical (unpaired) electrons. The zero-order valence-electron chi connectivity index (χ0n) is 12.3. The summed E-state index contributed by atoms with van der Waals surface area (Å²) in [6.07, 6.45) is 1.89. The lowest BCUT2D eigenvalue weighted by atomic mass is 9.79.